The number of carbonyl (C=O) groups is 3. The highest BCUT2D eigenvalue weighted by atomic mass is 16.5. The first kappa shape index (κ1) is 22.6. The third kappa shape index (κ3) is 4.46. The molecule has 0 N–H and O–H groups in total. The molecule has 4 aromatic rings. The second kappa shape index (κ2) is 9.49. The van der Waals surface area contributed by atoms with Gasteiger partial charge in [-0.25, -0.2) is 14.3 Å². The molecule has 0 aliphatic carbocycles. The summed E-state index contributed by atoms with van der Waals surface area (Å²) in [5.41, 5.74) is 4.21. The van der Waals surface area contributed by atoms with Gasteiger partial charge >= 0.3 is 11.9 Å². The van der Waals surface area contributed by atoms with Gasteiger partial charge in [0, 0.05) is 22.6 Å². The quantitative estimate of drug-likeness (QED) is 0.306. The van der Waals surface area contributed by atoms with Crippen LogP contribution < -0.4 is 0 Å². The van der Waals surface area contributed by atoms with Crippen LogP contribution in [-0.4, -0.2) is 56.2 Å². The number of aryl methyl sites for hydroxylation is 1. The molecular weight excluding hydrogens is 438 g/mol. The van der Waals surface area contributed by atoms with Crippen LogP contribution >= 0.6 is 0 Å². The molecule has 2 heterocycles. The Morgan fingerprint density at radius 1 is 0.882 bits per heavy atom. The van der Waals surface area contributed by atoms with Gasteiger partial charge in [0.1, 0.15) is 6.33 Å². The maximum atomic E-state index is 12.8. The van der Waals surface area contributed by atoms with Crippen molar-refractivity contribution < 1.29 is 23.9 Å². The number of Topliss-reactive ketones (excluding diaryl/α,β-unsaturated/α-hetero) is 1. The summed E-state index contributed by atoms with van der Waals surface area (Å²) in [5, 5.41) is 10.9. The van der Waals surface area contributed by atoms with Crippen LogP contribution in [0.2, 0.25) is 0 Å². The smallest absolute Gasteiger partial charge is 0.338 e. The summed E-state index contributed by atoms with van der Waals surface area (Å²) in [6, 6.07) is 15.1. The fraction of sp³-hybridized carbons (Fsp3) is 0.167. The van der Waals surface area contributed by atoms with Gasteiger partial charge in [-0.1, -0.05) is 0 Å². The van der Waals surface area contributed by atoms with Crippen LogP contribution in [0, 0.1) is 13.8 Å². The number of esters is 2. The molecule has 0 bridgehead atoms. The van der Waals surface area contributed by atoms with E-state index < -0.39 is 11.9 Å². The van der Waals surface area contributed by atoms with E-state index in [-0.39, 0.29) is 12.4 Å². The number of benzene rings is 2. The predicted octanol–water partition coefficient (Wildman–Crippen LogP) is 2.90. The van der Waals surface area contributed by atoms with Crippen molar-refractivity contribution in [3.63, 3.8) is 0 Å². The van der Waals surface area contributed by atoms with Crippen LogP contribution in [0.4, 0.5) is 0 Å². The number of tetrazole rings is 1. The summed E-state index contributed by atoms with van der Waals surface area (Å²) in [5.74, 6) is -1.34. The number of hydrogen-bond acceptors (Lipinski definition) is 8. The lowest BCUT2D eigenvalue weighted by Crippen LogP contribution is -2.15. The average molecular weight is 459 g/mol. The zero-order chi connectivity index (χ0) is 24.2. The van der Waals surface area contributed by atoms with Crippen LogP contribution in [0.25, 0.3) is 11.4 Å². The minimum absolute atomic E-state index is 0.306. The Kier molecular flexibility index (Phi) is 6.30. The molecule has 0 amide bonds. The molecule has 2 aromatic heterocycles. The van der Waals surface area contributed by atoms with Crippen molar-refractivity contribution in [1.29, 1.82) is 0 Å². The number of methoxy groups -OCH3 is 1. The monoisotopic (exact) mass is 459 g/mol. The zero-order valence-electron chi connectivity index (χ0n) is 18.8. The van der Waals surface area contributed by atoms with Crippen molar-refractivity contribution in [3.05, 3.63) is 89.0 Å². The first-order chi connectivity index (χ1) is 16.4. The van der Waals surface area contributed by atoms with E-state index in [1.54, 1.807) is 54.6 Å². The highest BCUT2D eigenvalue weighted by molar-refractivity contribution is 6.00. The molecule has 0 saturated heterocycles. The van der Waals surface area contributed by atoms with E-state index in [1.807, 2.05) is 18.4 Å². The molecule has 10 heteroatoms. The Hall–Kier alpha value is -4.60. The summed E-state index contributed by atoms with van der Waals surface area (Å²) < 4.78 is 13.3. The molecular formula is C24H21N5O5. The molecule has 0 unspecified atom stereocenters. The normalized spacial score (nSPS) is 10.7. The number of rotatable bonds is 7. The zero-order valence-corrected chi connectivity index (χ0v) is 18.8. The molecule has 0 fully saturated rings. The Bertz CT molecular complexity index is 1340. The van der Waals surface area contributed by atoms with E-state index in [1.165, 1.54) is 18.1 Å². The summed E-state index contributed by atoms with van der Waals surface area (Å²) >= 11 is 0. The number of nitrogens with zero attached hydrogens (tertiary/aromatic N) is 5. The summed E-state index contributed by atoms with van der Waals surface area (Å²) in [4.78, 5) is 36.9. The van der Waals surface area contributed by atoms with Gasteiger partial charge in [-0.2, -0.15) is 0 Å². The van der Waals surface area contributed by atoms with Gasteiger partial charge < -0.3 is 14.0 Å². The van der Waals surface area contributed by atoms with E-state index in [0.29, 0.717) is 28.1 Å². The van der Waals surface area contributed by atoms with Crippen molar-refractivity contribution >= 4 is 17.7 Å². The van der Waals surface area contributed by atoms with E-state index in [4.69, 9.17) is 9.47 Å². The van der Waals surface area contributed by atoms with Crippen molar-refractivity contribution in [1.82, 2.24) is 24.8 Å². The molecule has 34 heavy (non-hydrogen) atoms. The minimum Gasteiger partial charge on any atom is -0.465 e. The molecule has 2 aromatic carbocycles. The molecule has 0 spiro atoms. The maximum Gasteiger partial charge on any atom is 0.338 e. The Morgan fingerprint density at radius 2 is 1.50 bits per heavy atom. The van der Waals surface area contributed by atoms with Gasteiger partial charge in [0.05, 0.1) is 23.9 Å². The highest BCUT2D eigenvalue weighted by Gasteiger charge is 2.19. The van der Waals surface area contributed by atoms with Crippen LogP contribution in [0.1, 0.15) is 42.5 Å². The third-order valence-corrected chi connectivity index (χ3v) is 5.33. The Labute approximate surface area is 194 Å². The van der Waals surface area contributed by atoms with Gasteiger partial charge in [0.2, 0.25) is 5.78 Å². The van der Waals surface area contributed by atoms with Gasteiger partial charge in [-0.05, 0) is 78.9 Å². The molecule has 0 atom stereocenters. The molecule has 0 aliphatic heterocycles. The SMILES string of the molecule is COC(=O)c1ccc(-n2c(C)cc(C(=O)COC(=O)c3ccc(-n4cnnn4)cc3)c2C)cc1. The highest BCUT2D eigenvalue weighted by Crippen LogP contribution is 2.22. The van der Waals surface area contributed by atoms with Crippen molar-refractivity contribution in [2.24, 2.45) is 0 Å². The van der Waals surface area contributed by atoms with E-state index >= 15 is 0 Å². The second-order valence-electron chi connectivity index (χ2n) is 7.46. The predicted molar refractivity (Wildman–Crippen MR) is 120 cm³/mol. The van der Waals surface area contributed by atoms with Gasteiger partial charge in [0.25, 0.3) is 0 Å². The number of hydrogen-bond donors (Lipinski definition) is 0. The molecule has 0 aliphatic rings. The van der Waals surface area contributed by atoms with Crippen molar-refractivity contribution in [2.45, 2.75) is 13.8 Å². The molecule has 0 radical (unpaired) electrons. The number of carbonyl (C=O) groups excluding carboxylic acids is 3. The number of ether oxygens (including phenoxy) is 2. The first-order valence-corrected chi connectivity index (χ1v) is 10.3. The number of ketones is 1. The molecule has 4 rings (SSSR count). The van der Waals surface area contributed by atoms with Crippen LogP contribution in [-0.2, 0) is 9.47 Å². The van der Waals surface area contributed by atoms with Crippen molar-refractivity contribution in [3.8, 4) is 11.4 Å². The van der Waals surface area contributed by atoms with E-state index in [9.17, 15) is 14.4 Å². The lowest BCUT2D eigenvalue weighted by molar-refractivity contribution is 0.0474. The van der Waals surface area contributed by atoms with Gasteiger partial charge in [-0.3, -0.25) is 4.79 Å². The van der Waals surface area contributed by atoms with E-state index in [2.05, 4.69) is 15.5 Å². The van der Waals surface area contributed by atoms with Gasteiger partial charge in [-0.15, -0.1) is 5.10 Å². The van der Waals surface area contributed by atoms with Crippen LogP contribution in [0.5, 0.6) is 0 Å². The molecule has 0 saturated carbocycles. The Morgan fingerprint density at radius 3 is 2.09 bits per heavy atom. The third-order valence-electron chi connectivity index (χ3n) is 5.33. The second-order valence-corrected chi connectivity index (χ2v) is 7.46. The summed E-state index contributed by atoms with van der Waals surface area (Å²) in [6.07, 6.45) is 1.44. The van der Waals surface area contributed by atoms with Crippen LogP contribution in [0.15, 0.2) is 60.9 Å². The fourth-order valence-corrected chi connectivity index (χ4v) is 3.63. The van der Waals surface area contributed by atoms with Gasteiger partial charge in [0.15, 0.2) is 6.61 Å². The fourth-order valence-electron chi connectivity index (χ4n) is 3.63. The maximum absolute atomic E-state index is 12.8. The lowest BCUT2D eigenvalue weighted by Gasteiger charge is -2.11. The molecule has 172 valence electrons. The lowest BCUT2D eigenvalue weighted by atomic mass is 10.1. The van der Waals surface area contributed by atoms with Crippen LogP contribution in [0.3, 0.4) is 0 Å². The number of aromatic nitrogens is 5. The standard InChI is InChI=1S/C24H21N5O5/c1-15-12-21(16(2)29(15)20-10-6-17(7-11-20)23(31)33-3)22(30)13-34-24(32)18-4-8-19(9-5-18)28-14-25-26-27-28/h4-12,14H,13H2,1-3H3. The molecule has 10 nitrogen and oxygen atoms in total. The largest absolute Gasteiger partial charge is 0.465 e. The first-order valence-electron chi connectivity index (χ1n) is 10.3. The minimum atomic E-state index is -0.608. The summed E-state index contributed by atoms with van der Waals surface area (Å²) in [7, 11) is 1.33. The Balaban J connectivity index is 1.44. The topological polar surface area (TPSA) is 118 Å². The van der Waals surface area contributed by atoms with Crippen molar-refractivity contribution in [2.75, 3.05) is 13.7 Å². The summed E-state index contributed by atoms with van der Waals surface area (Å²) in [6.45, 7) is 3.29. The average Bonchev–Trinajstić information content (AvgIpc) is 3.50. The van der Waals surface area contributed by atoms with E-state index in [0.717, 1.165) is 11.4 Å².